The zero-order chi connectivity index (χ0) is 14.7. The summed E-state index contributed by atoms with van der Waals surface area (Å²) in [6, 6.07) is 11.0. The summed E-state index contributed by atoms with van der Waals surface area (Å²) in [7, 11) is 0. The van der Waals surface area contributed by atoms with Crippen molar-refractivity contribution in [2.45, 2.75) is 19.1 Å². The average Bonchev–Trinajstić information content (AvgIpc) is 3.00. The number of benzene rings is 2. The van der Waals surface area contributed by atoms with Gasteiger partial charge in [-0.1, -0.05) is 30.3 Å². The van der Waals surface area contributed by atoms with E-state index in [-0.39, 0.29) is 18.3 Å². The van der Waals surface area contributed by atoms with Crippen molar-refractivity contribution < 1.29 is 13.5 Å². The van der Waals surface area contributed by atoms with Crippen LogP contribution in [0, 0.1) is 11.6 Å². The van der Waals surface area contributed by atoms with Gasteiger partial charge in [0.1, 0.15) is 11.6 Å². The van der Waals surface area contributed by atoms with Crippen LogP contribution in [0.25, 0.3) is 11.1 Å². The van der Waals surface area contributed by atoms with E-state index in [1.807, 2.05) is 0 Å². The van der Waals surface area contributed by atoms with E-state index in [1.165, 1.54) is 12.1 Å². The zero-order valence-corrected chi connectivity index (χ0v) is 11.6. The number of nitrogens with one attached hydrogen (secondary N) is 1. The molecule has 0 unspecified atom stereocenters. The minimum Gasteiger partial charge on any atom is -0.372 e. The molecule has 1 fully saturated rings. The highest BCUT2D eigenvalue weighted by Crippen LogP contribution is 2.30. The van der Waals surface area contributed by atoms with Gasteiger partial charge in [0.2, 0.25) is 0 Å². The van der Waals surface area contributed by atoms with Gasteiger partial charge < -0.3 is 10.1 Å². The minimum atomic E-state index is -0.425. The summed E-state index contributed by atoms with van der Waals surface area (Å²) >= 11 is 0. The molecule has 0 spiro atoms. The highest BCUT2D eigenvalue weighted by atomic mass is 19.1. The quantitative estimate of drug-likeness (QED) is 0.930. The number of ether oxygens (including phenoxy) is 1. The van der Waals surface area contributed by atoms with E-state index in [0.717, 1.165) is 19.5 Å². The first-order valence-electron chi connectivity index (χ1n) is 7.10. The van der Waals surface area contributed by atoms with E-state index in [1.54, 1.807) is 30.3 Å². The lowest BCUT2D eigenvalue weighted by Crippen LogP contribution is -2.16. The standard InChI is InChI=1S/C17H17F2NO/c18-15-6-2-1-5-14(15)17-12(4-3-7-16(17)19)11-21-13-8-9-20-10-13/h1-7,13,20H,8-11H2/t13-/m0/s1. The molecule has 0 aliphatic carbocycles. The van der Waals surface area contributed by atoms with Crippen molar-refractivity contribution in [1.82, 2.24) is 5.32 Å². The van der Waals surface area contributed by atoms with Gasteiger partial charge in [0.15, 0.2) is 0 Å². The summed E-state index contributed by atoms with van der Waals surface area (Å²) in [5, 5.41) is 3.22. The van der Waals surface area contributed by atoms with Crippen molar-refractivity contribution in [1.29, 1.82) is 0 Å². The second-order valence-electron chi connectivity index (χ2n) is 5.18. The van der Waals surface area contributed by atoms with E-state index < -0.39 is 11.6 Å². The largest absolute Gasteiger partial charge is 0.372 e. The van der Waals surface area contributed by atoms with Crippen LogP contribution in [0.1, 0.15) is 12.0 Å². The van der Waals surface area contributed by atoms with Crippen LogP contribution in [-0.4, -0.2) is 19.2 Å². The Morgan fingerprint density at radius 3 is 2.62 bits per heavy atom. The van der Waals surface area contributed by atoms with E-state index in [2.05, 4.69) is 5.32 Å². The highest BCUT2D eigenvalue weighted by molar-refractivity contribution is 5.68. The predicted molar refractivity (Wildman–Crippen MR) is 77.9 cm³/mol. The number of hydrogen-bond acceptors (Lipinski definition) is 2. The fraction of sp³-hybridized carbons (Fsp3) is 0.294. The van der Waals surface area contributed by atoms with Gasteiger partial charge in [-0.05, 0) is 30.7 Å². The van der Waals surface area contributed by atoms with Crippen molar-refractivity contribution in [3.05, 3.63) is 59.7 Å². The SMILES string of the molecule is Fc1ccccc1-c1c(F)cccc1CO[C@H]1CCNC1. The molecular formula is C17H17F2NO. The Morgan fingerprint density at radius 1 is 1.05 bits per heavy atom. The molecule has 0 saturated carbocycles. The van der Waals surface area contributed by atoms with Crippen molar-refractivity contribution in [3.8, 4) is 11.1 Å². The Hall–Kier alpha value is -1.78. The second kappa shape index (κ2) is 6.33. The molecule has 0 radical (unpaired) electrons. The molecule has 0 bridgehead atoms. The molecule has 2 nitrogen and oxygen atoms in total. The monoisotopic (exact) mass is 289 g/mol. The third-order valence-corrected chi connectivity index (χ3v) is 3.73. The van der Waals surface area contributed by atoms with Gasteiger partial charge in [-0.3, -0.25) is 0 Å². The lowest BCUT2D eigenvalue weighted by atomic mass is 9.99. The Bertz CT molecular complexity index is 624. The number of rotatable bonds is 4. The van der Waals surface area contributed by atoms with Crippen molar-refractivity contribution in [2.75, 3.05) is 13.1 Å². The molecule has 0 amide bonds. The van der Waals surface area contributed by atoms with E-state index >= 15 is 0 Å². The summed E-state index contributed by atoms with van der Waals surface area (Å²) in [6.07, 6.45) is 1.09. The van der Waals surface area contributed by atoms with Crippen LogP contribution < -0.4 is 5.32 Å². The van der Waals surface area contributed by atoms with Crippen LogP contribution in [0.3, 0.4) is 0 Å². The smallest absolute Gasteiger partial charge is 0.131 e. The molecule has 4 heteroatoms. The predicted octanol–water partition coefficient (Wildman–Crippen LogP) is 3.51. The van der Waals surface area contributed by atoms with Gasteiger partial charge in [-0.15, -0.1) is 0 Å². The average molecular weight is 289 g/mol. The van der Waals surface area contributed by atoms with E-state index in [9.17, 15) is 8.78 Å². The molecule has 3 rings (SSSR count). The molecule has 1 N–H and O–H groups in total. The summed E-state index contributed by atoms with van der Waals surface area (Å²) in [6.45, 7) is 2.03. The van der Waals surface area contributed by atoms with E-state index in [0.29, 0.717) is 11.1 Å². The maximum absolute atomic E-state index is 14.2. The number of halogens is 2. The molecule has 0 aromatic heterocycles. The fourth-order valence-electron chi connectivity index (χ4n) is 2.63. The third kappa shape index (κ3) is 3.12. The summed E-state index contributed by atoms with van der Waals surface area (Å²) in [5.41, 5.74) is 1.24. The summed E-state index contributed by atoms with van der Waals surface area (Å²) in [4.78, 5) is 0. The maximum Gasteiger partial charge on any atom is 0.131 e. The zero-order valence-electron chi connectivity index (χ0n) is 11.6. The van der Waals surface area contributed by atoms with Gasteiger partial charge in [0.05, 0.1) is 12.7 Å². The van der Waals surface area contributed by atoms with Crippen LogP contribution in [0.4, 0.5) is 8.78 Å². The Morgan fingerprint density at radius 2 is 1.86 bits per heavy atom. The molecular weight excluding hydrogens is 272 g/mol. The number of hydrogen-bond donors (Lipinski definition) is 1. The molecule has 2 aromatic rings. The van der Waals surface area contributed by atoms with Gasteiger partial charge in [0.25, 0.3) is 0 Å². The Kier molecular flexibility index (Phi) is 4.27. The second-order valence-corrected chi connectivity index (χ2v) is 5.18. The highest BCUT2D eigenvalue weighted by Gasteiger charge is 2.18. The first kappa shape index (κ1) is 14.2. The van der Waals surface area contributed by atoms with Crippen LogP contribution in [0.2, 0.25) is 0 Å². The minimum absolute atomic E-state index is 0.140. The van der Waals surface area contributed by atoms with Crippen molar-refractivity contribution in [3.63, 3.8) is 0 Å². The first-order valence-corrected chi connectivity index (χ1v) is 7.10. The van der Waals surface area contributed by atoms with E-state index in [4.69, 9.17) is 4.74 Å². The molecule has 1 aliphatic heterocycles. The maximum atomic E-state index is 14.2. The van der Waals surface area contributed by atoms with Crippen LogP contribution >= 0.6 is 0 Å². The normalized spacial score (nSPS) is 18.1. The van der Waals surface area contributed by atoms with Gasteiger partial charge >= 0.3 is 0 Å². The molecule has 1 aliphatic rings. The molecule has 2 aromatic carbocycles. The fourth-order valence-corrected chi connectivity index (χ4v) is 2.63. The lowest BCUT2D eigenvalue weighted by Gasteiger charge is -2.15. The van der Waals surface area contributed by atoms with Crippen LogP contribution in [-0.2, 0) is 11.3 Å². The molecule has 21 heavy (non-hydrogen) atoms. The summed E-state index contributed by atoms with van der Waals surface area (Å²) in [5.74, 6) is -0.850. The van der Waals surface area contributed by atoms with Crippen LogP contribution in [0.15, 0.2) is 42.5 Å². The molecule has 1 atom stereocenters. The third-order valence-electron chi connectivity index (χ3n) is 3.73. The Labute approximate surface area is 122 Å². The first-order chi connectivity index (χ1) is 10.3. The Balaban J connectivity index is 1.90. The molecule has 1 saturated heterocycles. The van der Waals surface area contributed by atoms with Gasteiger partial charge in [-0.2, -0.15) is 0 Å². The topological polar surface area (TPSA) is 21.3 Å². The van der Waals surface area contributed by atoms with Crippen molar-refractivity contribution >= 4 is 0 Å². The summed E-state index contributed by atoms with van der Waals surface area (Å²) < 4.78 is 33.9. The molecule has 110 valence electrons. The van der Waals surface area contributed by atoms with Gasteiger partial charge in [0, 0.05) is 17.7 Å². The lowest BCUT2D eigenvalue weighted by molar-refractivity contribution is 0.0543. The van der Waals surface area contributed by atoms with Gasteiger partial charge in [-0.25, -0.2) is 8.78 Å². The van der Waals surface area contributed by atoms with Crippen LogP contribution in [0.5, 0.6) is 0 Å². The molecule has 1 heterocycles. The van der Waals surface area contributed by atoms with Crippen molar-refractivity contribution in [2.24, 2.45) is 0 Å².